The number of fused-ring (bicyclic) bond motifs is 1. The van der Waals surface area contributed by atoms with Crippen LogP contribution in [0, 0.1) is 5.92 Å². The molecule has 2 aromatic rings. The first-order chi connectivity index (χ1) is 9.72. The van der Waals surface area contributed by atoms with Crippen LogP contribution in [0.4, 0.5) is 0 Å². The molecule has 20 heavy (non-hydrogen) atoms. The highest BCUT2D eigenvalue weighted by atomic mass is 16.1. The number of amides is 1. The summed E-state index contributed by atoms with van der Waals surface area (Å²) in [5.74, 6) is 0.643. The number of carbonyl (C=O) groups is 1. The molecule has 0 radical (unpaired) electrons. The van der Waals surface area contributed by atoms with E-state index in [1.807, 2.05) is 30.5 Å². The Balaban J connectivity index is 1.58. The average Bonchev–Trinajstić information content (AvgIpc) is 2.93. The van der Waals surface area contributed by atoms with Crippen LogP contribution in [0.25, 0.3) is 10.9 Å². The van der Waals surface area contributed by atoms with E-state index in [0.717, 1.165) is 36.1 Å². The van der Waals surface area contributed by atoms with E-state index in [4.69, 9.17) is 0 Å². The number of rotatable bonds is 3. The summed E-state index contributed by atoms with van der Waals surface area (Å²) in [7, 11) is 2.15. The van der Waals surface area contributed by atoms with Gasteiger partial charge in [-0.2, -0.15) is 0 Å². The van der Waals surface area contributed by atoms with Gasteiger partial charge in [0.1, 0.15) is 0 Å². The lowest BCUT2D eigenvalue weighted by Gasteiger charge is -2.28. The lowest BCUT2D eigenvalue weighted by molar-refractivity contribution is 0.0939. The summed E-state index contributed by atoms with van der Waals surface area (Å²) in [6.07, 6.45) is 4.24. The number of hydrogen-bond acceptors (Lipinski definition) is 2. The number of aromatic amines is 1. The molecular weight excluding hydrogens is 250 g/mol. The third-order valence-corrected chi connectivity index (χ3v) is 4.21. The number of aromatic nitrogens is 1. The fraction of sp³-hybridized carbons (Fsp3) is 0.438. The molecule has 3 rings (SSSR count). The van der Waals surface area contributed by atoms with E-state index in [9.17, 15) is 4.79 Å². The zero-order valence-corrected chi connectivity index (χ0v) is 11.9. The van der Waals surface area contributed by atoms with Gasteiger partial charge >= 0.3 is 0 Å². The molecule has 0 bridgehead atoms. The second kappa shape index (κ2) is 5.67. The summed E-state index contributed by atoms with van der Waals surface area (Å²) in [6, 6.07) is 7.80. The number of benzene rings is 1. The maximum atomic E-state index is 12.2. The highest BCUT2D eigenvalue weighted by Gasteiger charge is 2.17. The monoisotopic (exact) mass is 271 g/mol. The van der Waals surface area contributed by atoms with Crippen molar-refractivity contribution in [3.05, 3.63) is 36.0 Å². The summed E-state index contributed by atoms with van der Waals surface area (Å²) >= 11 is 0. The minimum Gasteiger partial charge on any atom is -0.361 e. The minimum absolute atomic E-state index is 0.0282. The van der Waals surface area contributed by atoms with Gasteiger partial charge in [-0.15, -0.1) is 0 Å². The van der Waals surface area contributed by atoms with E-state index in [-0.39, 0.29) is 5.91 Å². The first-order valence-corrected chi connectivity index (χ1v) is 7.26. The van der Waals surface area contributed by atoms with Gasteiger partial charge < -0.3 is 15.2 Å². The lowest BCUT2D eigenvalue weighted by Crippen LogP contribution is -2.36. The summed E-state index contributed by atoms with van der Waals surface area (Å²) < 4.78 is 0. The first-order valence-electron chi connectivity index (χ1n) is 7.26. The lowest BCUT2D eigenvalue weighted by atomic mass is 9.97. The molecule has 0 aliphatic carbocycles. The number of H-pyrrole nitrogens is 1. The molecule has 4 heteroatoms. The van der Waals surface area contributed by atoms with Crippen LogP contribution in [0.3, 0.4) is 0 Å². The largest absolute Gasteiger partial charge is 0.361 e. The highest BCUT2D eigenvalue weighted by molar-refractivity contribution is 5.97. The van der Waals surface area contributed by atoms with Crippen molar-refractivity contribution < 1.29 is 4.79 Å². The first kappa shape index (κ1) is 13.2. The molecule has 2 heterocycles. The maximum Gasteiger partial charge on any atom is 0.251 e. The second-order valence-electron chi connectivity index (χ2n) is 5.74. The second-order valence-corrected chi connectivity index (χ2v) is 5.74. The predicted octanol–water partition coefficient (Wildman–Crippen LogP) is 2.24. The molecule has 2 N–H and O–H groups in total. The molecule has 1 aliphatic heterocycles. The Morgan fingerprint density at radius 2 is 2.15 bits per heavy atom. The van der Waals surface area contributed by atoms with Gasteiger partial charge in [-0.1, -0.05) is 6.07 Å². The molecule has 1 aromatic heterocycles. The van der Waals surface area contributed by atoms with E-state index in [0.29, 0.717) is 5.92 Å². The quantitative estimate of drug-likeness (QED) is 0.899. The van der Waals surface area contributed by atoms with Crippen molar-refractivity contribution in [2.45, 2.75) is 12.8 Å². The van der Waals surface area contributed by atoms with Crippen molar-refractivity contribution in [3.63, 3.8) is 0 Å². The van der Waals surface area contributed by atoms with Gasteiger partial charge in [-0.25, -0.2) is 0 Å². The number of carbonyl (C=O) groups excluding carboxylic acids is 1. The van der Waals surface area contributed by atoms with E-state index in [1.54, 1.807) is 0 Å². The van der Waals surface area contributed by atoms with Gasteiger partial charge in [0, 0.05) is 23.8 Å². The number of piperidine rings is 1. The third kappa shape index (κ3) is 2.85. The molecule has 0 saturated carbocycles. The smallest absolute Gasteiger partial charge is 0.251 e. The summed E-state index contributed by atoms with van der Waals surface area (Å²) in [5.41, 5.74) is 1.74. The van der Waals surface area contributed by atoms with Gasteiger partial charge in [0.05, 0.1) is 0 Å². The van der Waals surface area contributed by atoms with Crippen molar-refractivity contribution in [2.24, 2.45) is 5.92 Å². The highest BCUT2D eigenvalue weighted by Crippen LogP contribution is 2.16. The summed E-state index contributed by atoms with van der Waals surface area (Å²) in [5, 5.41) is 4.21. The number of hydrogen-bond donors (Lipinski definition) is 2. The fourth-order valence-electron chi connectivity index (χ4n) is 2.79. The Bertz CT molecular complexity index is 597. The van der Waals surface area contributed by atoms with Crippen LogP contribution in [0.15, 0.2) is 30.5 Å². The molecule has 1 saturated heterocycles. The standard InChI is InChI=1S/C16H21N3O/c1-19-8-5-12(6-9-19)11-18-16(20)14-3-2-13-4-7-17-15(13)10-14/h2-4,7,10,12,17H,5-6,8-9,11H2,1H3,(H,18,20). The molecule has 1 fully saturated rings. The number of nitrogens with zero attached hydrogens (tertiary/aromatic N) is 1. The van der Waals surface area contributed by atoms with Crippen LogP contribution in [-0.2, 0) is 0 Å². The van der Waals surface area contributed by atoms with Gasteiger partial charge in [-0.05, 0) is 62.5 Å². The van der Waals surface area contributed by atoms with E-state index < -0.39 is 0 Å². The van der Waals surface area contributed by atoms with Crippen LogP contribution in [-0.4, -0.2) is 42.5 Å². The fourth-order valence-corrected chi connectivity index (χ4v) is 2.79. The summed E-state index contributed by atoms with van der Waals surface area (Å²) in [6.45, 7) is 3.05. The number of likely N-dealkylation sites (tertiary alicyclic amines) is 1. The SMILES string of the molecule is CN1CCC(CNC(=O)c2ccc3cc[nH]c3c2)CC1. The Labute approximate surface area is 119 Å². The molecule has 0 atom stereocenters. The van der Waals surface area contributed by atoms with E-state index >= 15 is 0 Å². The van der Waals surface area contributed by atoms with Crippen LogP contribution < -0.4 is 5.32 Å². The van der Waals surface area contributed by atoms with Gasteiger partial charge in [0.15, 0.2) is 0 Å². The van der Waals surface area contributed by atoms with Crippen molar-refractivity contribution in [3.8, 4) is 0 Å². The van der Waals surface area contributed by atoms with E-state index in [2.05, 4.69) is 22.2 Å². The Morgan fingerprint density at radius 3 is 2.95 bits per heavy atom. The zero-order valence-electron chi connectivity index (χ0n) is 11.9. The van der Waals surface area contributed by atoms with Crippen molar-refractivity contribution >= 4 is 16.8 Å². The Hall–Kier alpha value is -1.81. The van der Waals surface area contributed by atoms with Crippen LogP contribution in [0.5, 0.6) is 0 Å². The molecular formula is C16H21N3O. The molecule has 1 aliphatic rings. The van der Waals surface area contributed by atoms with Crippen molar-refractivity contribution in [2.75, 3.05) is 26.7 Å². The number of nitrogens with one attached hydrogen (secondary N) is 2. The van der Waals surface area contributed by atoms with Gasteiger partial charge in [-0.3, -0.25) is 4.79 Å². The van der Waals surface area contributed by atoms with Gasteiger partial charge in [0.2, 0.25) is 0 Å². The van der Waals surface area contributed by atoms with Crippen LogP contribution >= 0.6 is 0 Å². The van der Waals surface area contributed by atoms with Gasteiger partial charge in [0.25, 0.3) is 5.91 Å². The Morgan fingerprint density at radius 1 is 1.35 bits per heavy atom. The van der Waals surface area contributed by atoms with Crippen LogP contribution in [0.1, 0.15) is 23.2 Å². The molecule has 0 unspecified atom stereocenters. The molecule has 106 valence electrons. The minimum atomic E-state index is 0.0282. The predicted molar refractivity (Wildman–Crippen MR) is 80.9 cm³/mol. The maximum absolute atomic E-state index is 12.2. The molecule has 0 spiro atoms. The third-order valence-electron chi connectivity index (χ3n) is 4.21. The summed E-state index contributed by atoms with van der Waals surface area (Å²) in [4.78, 5) is 17.7. The molecule has 1 aromatic carbocycles. The van der Waals surface area contributed by atoms with Crippen molar-refractivity contribution in [1.82, 2.24) is 15.2 Å². The van der Waals surface area contributed by atoms with E-state index in [1.165, 1.54) is 12.8 Å². The van der Waals surface area contributed by atoms with Crippen molar-refractivity contribution in [1.29, 1.82) is 0 Å². The Kier molecular flexibility index (Phi) is 3.74. The zero-order chi connectivity index (χ0) is 13.9. The molecule has 1 amide bonds. The molecule has 4 nitrogen and oxygen atoms in total. The normalized spacial score (nSPS) is 17.4. The van der Waals surface area contributed by atoms with Crippen LogP contribution in [0.2, 0.25) is 0 Å². The average molecular weight is 271 g/mol. The topological polar surface area (TPSA) is 48.1 Å².